The number of fused-ring (bicyclic) bond motifs is 1. The lowest BCUT2D eigenvalue weighted by molar-refractivity contribution is 0.0951. The number of anilines is 3. The molecule has 2 aromatic carbocycles. The lowest BCUT2D eigenvalue weighted by Crippen LogP contribution is -2.37. The highest BCUT2D eigenvalue weighted by Gasteiger charge is 2.20. The van der Waals surface area contributed by atoms with Crippen LogP contribution in [0, 0.1) is 0 Å². The van der Waals surface area contributed by atoms with Crippen molar-refractivity contribution in [1.82, 2.24) is 24.8 Å². The maximum atomic E-state index is 12.6. The summed E-state index contributed by atoms with van der Waals surface area (Å²) in [4.78, 5) is 38.9. The summed E-state index contributed by atoms with van der Waals surface area (Å²) >= 11 is 0. The van der Waals surface area contributed by atoms with Gasteiger partial charge in [-0.2, -0.15) is 0 Å². The molecule has 1 fully saturated rings. The van der Waals surface area contributed by atoms with E-state index in [1.54, 1.807) is 24.3 Å². The fourth-order valence-electron chi connectivity index (χ4n) is 4.67. The largest absolute Gasteiger partial charge is 0.378 e. The van der Waals surface area contributed by atoms with Crippen LogP contribution in [-0.4, -0.2) is 84.9 Å². The second-order valence-electron chi connectivity index (χ2n) is 10.1. The molecule has 41 heavy (non-hydrogen) atoms. The maximum Gasteiger partial charge on any atom is 0.323 e. The quantitative estimate of drug-likeness (QED) is 0.286. The van der Waals surface area contributed by atoms with Crippen molar-refractivity contribution in [1.29, 1.82) is 0 Å². The topological polar surface area (TPSA) is 117 Å². The number of ether oxygens (including phenoxy) is 1. The molecule has 3 amide bonds. The van der Waals surface area contributed by atoms with Crippen LogP contribution >= 0.6 is 0 Å². The van der Waals surface area contributed by atoms with Crippen molar-refractivity contribution in [3.05, 3.63) is 66.4 Å². The van der Waals surface area contributed by atoms with E-state index in [0.717, 1.165) is 48.6 Å². The van der Waals surface area contributed by atoms with Gasteiger partial charge in [0.2, 0.25) is 0 Å². The number of benzene rings is 2. The molecular weight excluding hydrogens is 520 g/mol. The van der Waals surface area contributed by atoms with Gasteiger partial charge in [0.1, 0.15) is 5.52 Å². The Bertz CT molecular complexity index is 1490. The number of rotatable bonds is 9. The van der Waals surface area contributed by atoms with Crippen LogP contribution in [0.3, 0.4) is 0 Å². The van der Waals surface area contributed by atoms with Gasteiger partial charge in [-0.15, -0.1) is 0 Å². The SMILES string of the molecule is CCn1ccc2nc(-c3ccc(NC(=O)Nc4ccc(C(=O)NCCN(C)C)cc4)cc3)nc(N3CCOCC3)c21. The third-order valence-corrected chi connectivity index (χ3v) is 6.89. The number of hydrogen-bond donors (Lipinski definition) is 3. The molecule has 0 bridgehead atoms. The summed E-state index contributed by atoms with van der Waals surface area (Å²) < 4.78 is 7.72. The number of amides is 3. The molecule has 0 atom stereocenters. The molecule has 4 aromatic rings. The Morgan fingerprint density at radius 2 is 1.59 bits per heavy atom. The fourth-order valence-corrected chi connectivity index (χ4v) is 4.67. The van der Waals surface area contributed by atoms with Crippen molar-refractivity contribution in [2.75, 3.05) is 69.0 Å². The zero-order valence-corrected chi connectivity index (χ0v) is 23.7. The van der Waals surface area contributed by atoms with E-state index in [2.05, 4.69) is 32.3 Å². The van der Waals surface area contributed by atoms with Crippen LogP contribution in [0.25, 0.3) is 22.4 Å². The number of likely N-dealkylation sites (N-methyl/N-ethyl adjacent to an activating group) is 1. The predicted octanol–water partition coefficient (Wildman–Crippen LogP) is 3.89. The lowest BCUT2D eigenvalue weighted by Gasteiger charge is -2.29. The zero-order valence-electron chi connectivity index (χ0n) is 23.7. The Hall–Kier alpha value is -4.48. The van der Waals surface area contributed by atoms with Gasteiger partial charge < -0.3 is 35.1 Å². The number of aryl methyl sites for hydroxylation is 1. The third-order valence-electron chi connectivity index (χ3n) is 6.89. The van der Waals surface area contributed by atoms with E-state index in [0.29, 0.717) is 42.5 Å². The van der Waals surface area contributed by atoms with E-state index >= 15 is 0 Å². The average molecular weight is 557 g/mol. The molecule has 11 nitrogen and oxygen atoms in total. The average Bonchev–Trinajstić information content (AvgIpc) is 3.41. The fraction of sp³-hybridized carbons (Fsp3) is 0.333. The highest BCUT2D eigenvalue weighted by molar-refractivity contribution is 6.00. The summed E-state index contributed by atoms with van der Waals surface area (Å²) in [5.41, 5.74) is 4.54. The van der Waals surface area contributed by atoms with Crippen LogP contribution in [0.4, 0.5) is 22.0 Å². The van der Waals surface area contributed by atoms with Crippen LogP contribution in [0.2, 0.25) is 0 Å². The van der Waals surface area contributed by atoms with Gasteiger partial charge in [-0.05, 0) is 75.6 Å². The highest BCUT2D eigenvalue weighted by Crippen LogP contribution is 2.29. The van der Waals surface area contributed by atoms with E-state index in [9.17, 15) is 9.59 Å². The van der Waals surface area contributed by atoms with Crippen LogP contribution in [0.5, 0.6) is 0 Å². The van der Waals surface area contributed by atoms with Gasteiger partial charge in [0.15, 0.2) is 11.6 Å². The number of nitrogens with zero attached hydrogens (tertiary/aromatic N) is 5. The number of carbonyl (C=O) groups is 2. The summed E-state index contributed by atoms with van der Waals surface area (Å²) in [6.45, 7) is 7.19. The summed E-state index contributed by atoms with van der Waals surface area (Å²) in [7, 11) is 3.91. The first kappa shape index (κ1) is 28.1. The van der Waals surface area contributed by atoms with Gasteiger partial charge in [0.05, 0.1) is 18.7 Å². The summed E-state index contributed by atoms with van der Waals surface area (Å²) in [6.07, 6.45) is 2.05. The van der Waals surface area contributed by atoms with E-state index in [-0.39, 0.29) is 11.9 Å². The Morgan fingerprint density at radius 3 is 2.22 bits per heavy atom. The van der Waals surface area contributed by atoms with Gasteiger partial charge in [0, 0.05) is 61.4 Å². The number of hydrogen-bond acceptors (Lipinski definition) is 7. The zero-order chi connectivity index (χ0) is 28.8. The standard InChI is InChI=1S/C30H36N8O3/c1-4-37-15-13-25-26(37)28(38-17-19-41-20-18-38)35-27(34-25)21-5-9-23(10-6-21)32-30(40)33-24-11-7-22(8-12-24)29(39)31-14-16-36(2)3/h5-13,15H,4,14,16-20H2,1-3H3,(H,31,39)(H2,32,33,40). The number of aromatic nitrogens is 3. The molecule has 3 heterocycles. The van der Waals surface area contributed by atoms with E-state index in [4.69, 9.17) is 14.7 Å². The minimum atomic E-state index is -0.380. The van der Waals surface area contributed by atoms with E-state index < -0.39 is 0 Å². The molecule has 0 aliphatic carbocycles. The van der Waals surface area contributed by atoms with Gasteiger partial charge in [-0.3, -0.25) is 4.79 Å². The molecule has 1 aliphatic heterocycles. The minimum absolute atomic E-state index is 0.147. The molecule has 3 N–H and O–H groups in total. The molecule has 0 radical (unpaired) electrons. The Morgan fingerprint density at radius 1 is 0.927 bits per heavy atom. The second-order valence-corrected chi connectivity index (χ2v) is 10.1. The Labute approximate surface area is 239 Å². The molecule has 0 unspecified atom stereocenters. The smallest absolute Gasteiger partial charge is 0.323 e. The van der Waals surface area contributed by atoms with Crippen LogP contribution < -0.4 is 20.9 Å². The first-order chi connectivity index (χ1) is 19.9. The second kappa shape index (κ2) is 12.8. The normalized spacial score (nSPS) is 13.4. The summed E-state index contributed by atoms with van der Waals surface area (Å²) in [5, 5.41) is 8.52. The minimum Gasteiger partial charge on any atom is -0.378 e. The molecule has 0 saturated carbocycles. The molecule has 5 rings (SSSR count). The van der Waals surface area contributed by atoms with E-state index in [1.807, 2.05) is 55.5 Å². The van der Waals surface area contributed by atoms with Crippen LogP contribution in [0.1, 0.15) is 17.3 Å². The molecule has 214 valence electrons. The van der Waals surface area contributed by atoms with Gasteiger partial charge >= 0.3 is 6.03 Å². The van der Waals surface area contributed by atoms with Crippen molar-refractivity contribution >= 4 is 40.2 Å². The molecule has 1 aliphatic rings. The van der Waals surface area contributed by atoms with Crippen molar-refractivity contribution in [3.63, 3.8) is 0 Å². The summed E-state index contributed by atoms with van der Waals surface area (Å²) in [6, 6.07) is 15.9. The number of carbonyl (C=O) groups excluding carboxylic acids is 2. The third kappa shape index (κ3) is 6.82. The molecule has 0 spiro atoms. The summed E-state index contributed by atoms with van der Waals surface area (Å²) in [5.74, 6) is 1.40. The maximum absolute atomic E-state index is 12.6. The predicted molar refractivity (Wildman–Crippen MR) is 162 cm³/mol. The lowest BCUT2D eigenvalue weighted by atomic mass is 10.2. The number of morpholine rings is 1. The molecule has 2 aromatic heterocycles. The van der Waals surface area contributed by atoms with E-state index in [1.165, 1.54) is 0 Å². The molecular formula is C30H36N8O3. The van der Waals surface area contributed by atoms with Crippen molar-refractivity contribution in [2.24, 2.45) is 0 Å². The number of urea groups is 1. The first-order valence-corrected chi connectivity index (χ1v) is 13.8. The van der Waals surface area contributed by atoms with Gasteiger partial charge in [-0.1, -0.05) is 0 Å². The van der Waals surface area contributed by atoms with Crippen LogP contribution in [0.15, 0.2) is 60.8 Å². The van der Waals surface area contributed by atoms with Gasteiger partial charge in [-0.25, -0.2) is 14.8 Å². The van der Waals surface area contributed by atoms with Gasteiger partial charge in [0.25, 0.3) is 5.91 Å². The molecule has 1 saturated heterocycles. The molecule has 11 heteroatoms. The number of nitrogens with one attached hydrogen (secondary N) is 3. The van der Waals surface area contributed by atoms with Crippen molar-refractivity contribution < 1.29 is 14.3 Å². The Kier molecular flexibility index (Phi) is 8.76. The Balaban J connectivity index is 1.24. The highest BCUT2D eigenvalue weighted by atomic mass is 16.5. The van der Waals surface area contributed by atoms with Crippen LogP contribution in [-0.2, 0) is 11.3 Å². The monoisotopic (exact) mass is 556 g/mol. The first-order valence-electron chi connectivity index (χ1n) is 13.8. The van der Waals surface area contributed by atoms with Crippen molar-refractivity contribution in [2.45, 2.75) is 13.5 Å². The van der Waals surface area contributed by atoms with Crippen molar-refractivity contribution in [3.8, 4) is 11.4 Å².